The van der Waals surface area contributed by atoms with Crippen LogP contribution in [0.2, 0.25) is 0 Å². The van der Waals surface area contributed by atoms with Crippen molar-refractivity contribution in [2.24, 2.45) is 0 Å². The first-order valence-electron chi connectivity index (χ1n) is 7.52. The molecule has 4 nitrogen and oxygen atoms in total. The molecule has 0 spiro atoms. The van der Waals surface area contributed by atoms with Crippen LogP contribution in [0.25, 0.3) is 0 Å². The number of aromatic nitrogens is 1. The number of anilines is 2. The summed E-state index contributed by atoms with van der Waals surface area (Å²) in [4.78, 5) is 6.97. The van der Waals surface area contributed by atoms with Crippen molar-refractivity contribution in [2.75, 3.05) is 16.8 Å². The summed E-state index contributed by atoms with van der Waals surface area (Å²) >= 11 is 5.27. The summed E-state index contributed by atoms with van der Waals surface area (Å²) in [6.07, 6.45) is 8.19. The maximum Gasteiger partial charge on any atom is 0.171 e. The molecule has 1 atom stereocenters. The van der Waals surface area contributed by atoms with Crippen molar-refractivity contribution in [3.8, 4) is 0 Å². The van der Waals surface area contributed by atoms with Crippen LogP contribution in [0, 0.1) is 0 Å². The highest BCUT2D eigenvalue weighted by Crippen LogP contribution is 2.23. The zero-order chi connectivity index (χ0) is 13.9. The summed E-state index contributed by atoms with van der Waals surface area (Å²) < 4.78 is 0. The van der Waals surface area contributed by atoms with Crippen molar-refractivity contribution >= 4 is 28.8 Å². The Kier molecular flexibility index (Phi) is 4.05. The Morgan fingerprint density at radius 3 is 2.80 bits per heavy atom. The van der Waals surface area contributed by atoms with Crippen LogP contribution in [0.4, 0.5) is 11.5 Å². The van der Waals surface area contributed by atoms with E-state index < -0.39 is 0 Å². The van der Waals surface area contributed by atoms with Gasteiger partial charge in [-0.15, -0.1) is 0 Å². The fourth-order valence-corrected chi connectivity index (χ4v) is 2.93. The Morgan fingerprint density at radius 1 is 1.30 bits per heavy atom. The van der Waals surface area contributed by atoms with E-state index in [0.29, 0.717) is 17.2 Å². The van der Waals surface area contributed by atoms with Crippen molar-refractivity contribution < 1.29 is 0 Å². The van der Waals surface area contributed by atoms with Gasteiger partial charge in [0, 0.05) is 18.6 Å². The van der Waals surface area contributed by atoms with Crippen LogP contribution >= 0.6 is 12.2 Å². The molecule has 0 radical (unpaired) electrons. The minimum atomic E-state index is 0.580. The molecular weight excluding hydrogens is 268 g/mol. The minimum Gasteiger partial charge on any atom is -0.360 e. The summed E-state index contributed by atoms with van der Waals surface area (Å²) in [7, 11) is 0. The lowest BCUT2D eigenvalue weighted by atomic mass is 10.0. The van der Waals surface area contributed by atoms with E-state index in [2.05, 4.69) is 39.6 Å². The van der Waals surface area contributed by atoms with E-state index in [9.17, 15) is 0 Å². The van der Waals surface area contributed by atoms with Gasteiger partial charge in [-0.1, -0.05) is 0 Å². The summed E-state index contributed by atoms with van der Waals surface area (Å²) in [6.45, 7) is 3.39. The van der Waals surface area contributed by atoms with Crippen molar-refractivity contribution in [1.82, 2.24) is 10.3 Å². The van der Waals surface area contributed by atoms with Gasteiger partial charge in [-0.05, 0) is 63.4 Å². The van der Waals surface area contributed by atoms with E-state index in [1.54, 1.807) is 0 Å². The second kappa shape index (κ2) is 5.95. The van der Waals surface area contributed by atoms with Gasteiger partial charge in [0.15, 0.2) is 5.11 Å². The maximum atomic E-state index is 5.27. The summed E-state index contributed by atoms with van der Waals surface area (Å²) in [6, 6.07) is 5.32. The second-order valence-corrected chi connectivity index (χ2v) is 6.22. The zero-order valence-corrected chi connectivity index (χ0v) is 12.7. The first kappa shape index (κ1) is 13.6. The van der Waals surface area contributed by atoms with E-state index in [-0.39, 0.29) is 0 Å². The Morgan fingerprint density at radius 2 is 2.15 bits per heavy atom. The number of rotatable bonds is 3. The fraction of sp³-hybridized carbons (Fsp3) is 0.600. The van der Waals surface area contributed by atoms with E-state index in [0.717, 1.165) is 18.1 Å². The Balaban J connectivity index is 1.59. The standard InChI is InChI=1S/C15H22N4S/c1-11-4-2-3-9-19(11)14-8-7-13(10-16-14)18-15(20)17-12-5-6-12/h7-8,10-12H,2-6,9H2,1H3,(H2,17,18,20)/t11-/m0/s1. The van der Waals surface area contributed by atoms with Crippen molar-refractivity contribution in [3.05, 3.63) is 18.3 Å². The van der Waals surface area contributed by atoms with E-state index in [1.165, 1.54) is 32.1 Å². The van der Waals surface area contributed by atoms with Crippen LogP contribution < -0.4 is 15.5 Å². The van der Waals surface area contributed by atoms with Crippen molar-refractivity contribution in [2.45, 2.75) is 51.1 Å². The zero-order valence-electron chi connectivity index (χ0n) is 11.9. The van der Waals surface area contributed by atoms with Gasteiger partial charge in [-0.3, -0.25) is 0 Å². The SMILES string of the molecule is C[C@H]1CCCCN1c1ccc(NC(=S)NC2CC2)cn1. The average Bonchev–Trinajstić information content (AvgIpc) is 3.24. The second-order valence-electron chi connectivity index (χ2n) is 5.82. The first-order chi connectivity index (χ1) is 9.72. The van der Waals surface area contributed by atoms with Gasteiger partial charge in [-0.2, -0.15) is 0 Å². The van der Waals surface area contributed by atoms with Crippen LogP contribution in [-0.2, 0) is 0 Å². The highest BCUT2D eigenvalue weighted by Gasteiger charge is 2.22. The quantitative estimate of drug-likeness (QED) is 0.838. The Bertz CT molecular complexity index is 469. The summed E-state index contributed by atoms with van der Waals surface area (Å²) in [5.74, 6) is 1.07. The van der Waals surface area contributed by atoms with Crippen LogP contribution in [0.1, 0.15) is 39.0 Å². The van der Waals surface area contributed by atoms with Crippen LogP contribution in [-0.4, -0.2) is 28.7 Å². The van der Waals surface area contributed by atoms with Gasteiger partial charge < -0.3 is 15.5 Å². The molecule has 0 aromatic carbocycles. The number of nitrogens with one attached hydrogen (secondary N) is 2. The Labute approximate surface area is 126 Å². The molecule has 0 unspecified atom stereocenters. The topological polar surface area (TPSA) is 40.2 Å². The highest BCUT2D eigenvalue weighted by molar-refractivity contribution is 7.80. The maximum absolute atomic E-state index is 5.27. The molecule has 0 amide bonds. The fourth-order valence-electron chi connectivity index (χ4n) is 2.65. The number of hydrogen-bond donors (Lipinski definition) is 2. The molecule has 3 rings (SSSR count). The number of piperidine rings is 1. The molecule has 1 aliphatic heterocycles. The van der Waals surface area contributed by atoms with Crippen LogP contribution in [0.5, 0.6) is 0 Å². The number of nitrogens with zero attached hydrogens (tertiary/aromatic N) is 2. The van der Waals surface area contributed by atoms with E-state index in [1.807, 2.05) is 6.20 Å². The normalized spacial score (nSPS) is 22.4. The van der Waals surface area contributed by atoms with Gasteiger partial charge in [0.05, 0.1) is 11.9 Å². The molecule has 2 N–H and O–H groups in total. The lowest BCUT2D eigenvalue weighted by Crippen LogP contribution is -2.38. The molecule has 1 aromatic rings. The molecule has 0 bridgehead atoms. The molecule has 5 heteroatoms. The predicted octanol–water partition coefficient (Wildman–Crippen LogP) is 2.91. The molecule has 1 saturated carbocycles. The van der Waals surface area contributed by atoms with Gasteiger partial charge in [0.2, 0.25) is 0 Å². The molecule has 1 aliphatic carbocycles. The molecule has 108 valence electrons. The van der Waals surface area contributed by atoms with Crippen LogP contribution in [0.15, 0.2) is 18.3 Å². The van der Waals surface area contributed by atoms with Gasteiger partial charge in [0.25, 0.3) is 0 Å². The first-order valence-corrected chi connectivity index (χ1v) is 7.93. The number of pyridine rings is 1. The third kappa shape index (κ3) is 3.39. The van der Waals surface area contributed by atoms with Gasteiger partial charge in [0.1, 0.15) is 5.82 Å². The predicted molar refractivity (Wildman–Crippen MR) is 87.3 cm³/mol. The molecule has 20 heavy (non-hydrogen) atoms. The third-order valence-electron chi connectivity index (χ3n) is 4.02. The molecule has 2 aliphatic rings. The van der Waals surface area contributed by atoms with Gasteiger partial charge >= 0.3 is 0 Å². The summed E-state index contributed by atoms with van der Waals surface area (Å²) in [5, 5.41) is 7.17. The number of hydrogen-bond acceptors (Lipinski definition) is 3. The Hall–Kier alpha value is -1.36. The number of thiocarbonyl (C=S) groups is 1. The summed E-state index contributed by atoms with van der Waals surface area (Å²) in [5.41, 5.74) is 0.955. The monoisotopic (exact) mass is 290 g/mol. The molecule has 1 aromatic heterocycles. The van der Waals surface area contributed by atoms with Crippen molar-refractivity contribution in [1.29, 1.82) is 0 Å². The molecular formula is C15H22N4S. The minimum absolute atomic E-state index is 0.580. The smallest absolute Gasteiger partial charge is 0.171 e. The van der Waals surface area contributed by atoms with Crippen LogP contribution in [0.3, 0.4) is 0 Å². The van der Waals surface area contributed by atoms with Gasteiger partial charge in [-0.25, -0.2) is 4.98 Å². The van der Waals surface area contributed by atoms with Crippen molar-refractivity contribution in [3.63, 3.8) is 0 Å². The molecule has 2 heterocycles. The third-order valence-corrected chi connectivity index (χ3v) is 4.24. The molecule has 2 fully saturated rings. The largest absolute Gasteiger partial charge is 0.360 e. The molecule has 1 saturated heterocycles. The lowest BCUT2D eigenvalue weighted by Gasteiger charge is -2.34. The highest BCUT2D eigenvalue weighted by atomic mass is 32.1. The average molecular weight is 290 g/mol. The lowest BCUT2D eigenvalue weighted by molar-refractivity contribution is 0.481. The van der Waals surface area contributed by atoms with E-state index >= 15 is 0 Å². The van der Waals surface area contributed by atoms with E-state index in [4.69, 9.17) is 12.2 Å².